The molecule has 2 N–H and O–H groups in total. The van der Waals surface area contributed by atoms with Crippen molar-refractivity contribution in [3.05, 3.63) is 42.6 Å². The zero-order valence-corrected chi connectivity index (χ0v) is 11.3. The van der Waals surface area contributed by atoms with Crippen molar-refractivity contribution >= 4 is 16.9 Å². The Kier molecular flexibility index (Phi) is 3.75. The van der Waals surface area contributed by atoms with Gasteiger partial charge in [0.1, 0.15) is 17.8 Å². The molecule has 0 radical (unpaired) electrons. The Balaban J connectivity index is 0.000000637. The molecule has 0 bridgehead atoms. The van der Waals surface area contributed by atoms with Crippen LogP contribution in [0.5, 0.6) is 0 Å². The smallest absolute Gasteiger partial charge is 0.150 e. The molecule has 0 aliphatic heterocycles. The summed E-state index contributed by atoms with van der Waals surface area (Å²) in [5.41, 5.74) is 8.77. The summed E-state index contributed by atoms with van der Waals surface area (Å²) in [5.74, 6) is 0.514. The van der Waals surface area contributed by atoms with E-state index in [9.17, 15) is 0 Å². The predicted molar refractivity (Wildman–Crippen MR) is 77.2 cm³/mol. The van der Waals surface area contributed by atoms with Crippen LogP contribution in [0, 0.1) is 6.92 Å². The Morgan fingerprint density at radius 1 is 1.11 bits per heavy atom. The molecule has 0 unspecified atom stereocenters. The third-order valence-corrected chi connectivity index (χ3v) is 2.74. The van der Waals surface area contributed by atoms with Crippen molar-refractivity contribution in [1.82, 2.24) is 19.5 Å². The van der Waals surface area contributed by atoms with E-state index in [1.807, 2.05) is 43.7 Å². The molecule has 0 aliphatic carbocycles. The Bertz CT molecular complexity index is 673. The summed E-state index contributed by atoms with van der Waals surface area (Å²) in [5, 5.41) is 0.907. The van der Waals surface area contributed by atoms with Crippen LogP contribution in [0.3, 0.4) is 0 Å². The van der Waals surface area contributed by atoms with Gasteiger partial charge in [-0.1, -0.05) is 13.8 Å². The molecule has 98 valence electrons. The third-order valence-electron chi connectivity index (χ3n) is 2.74. The van der Waals surface area contributed by atoms with Gasteiger partial charge in [-0.05, 0) is 24.6 Å². The lowest BCUT2D eigenvalue weighted by atomic mass is 10.2. The molecule has 0 saturated heterocycles. The van der Waals surface area contributed by atoms with E-state index in [1.165, 1.54) is 6.33 Å². The molecule has 3 heterocycles. The molecule has 0 aromatic carbocycles. The van der Waals surface area contributed by atoms with Gasteiger partial charge in [0.05, 0.1) is 11.1 Å². The summed E-state index contributed by atoms with van der Waals surface area (Å²) in [6.45, 7) is 6.00. The van der Waals surface area contributed by atoms with Crippen LogP contribution in [0.4, 0.5) is 5.82 Å². The molecular formula is C14H17N5. The van der Waals surface area contributed by atoms with Crippen molar-refractivity contribution in [2.45, 2.75) is 20.8 Å². The maximum atomic E-state index is 5.87. The van der Waals surface area contributed by atoms with Crippen LogP contribution in [-0.4, -0.2) is 19.5 Å². The summed E-state index contributed by atoms with van der Waals surface area (Å²) in [6.07, 6.45) is 6.99. The Hall–Kier alpha value is -2.43. The van der Waals surface area contributed by atoms with Gasteiger partial charge in [0.25, 0.3) is 0 Å². The van der Waals surface area contributed by atoms with Gasteiger partial charge in [-0.25, -0.2) is 9.97 Å². The Morgan fingerprint density at radius 2 is 1.79 bits per heavy atom. The molecule has 3 aromatic rings. The van der Waals surface area contributed by atoms with Gasteiger partial charge in [0, 0.05) is 18.6 Å². The summed E-state index contributed by atoms with van der Waals surface area (Å²) < 4.78 is 1.99. The number of rotatable bonds is 1. The number of hydrogen-bond acceptors (Lipinski definition) is 4. The summed E-state index contributed by atoms with van der Waals surface area (Å²) >= 11 is 0. The Morgan fingerprint density at radius 3 is 2.47 bits per heavy atom. The highest BCUT2D eigenvalue weighted by molar-refractivity contribution is 5.90. The first-order valence-electron chi connectivity index (χ1n) is 6.26. The third kappa shape index (κ3) is 2.27. The zero-order valence-electron chi connectivity index (χ0n) is 11.3. The highest BCUT2D eigenvalue weighted by Gasteiger charge is 2.11. The highest BCUT2D eigenvalue weighted by atomic mass is 15.1. The molecule has 0 saturated carbocycles. The predicted octanol–water partition coefficient (Wildman–Crippen LogP) is 2.73. The average molecular weight is 255 g/mol. The van der Waals surface area contributed by atoms with E-state index < -0.39 is 0 Å². The molecule has 0 fully saturated rings. The molecule has 0 spiro atoms. The van der Waals surface area contributed by atoms with E-state index >= 15 is 0 Å². The number of hydrogen-bond donors (Lipinski definition) is 1. The first-order valence-corrected chi connectivity index (χ1v) is 6.26. The van der Waals surface area contributed by atoms with E-state index in [1.54, 1.807) is 12.4 Å². The molecule has 3 aromatic heterocycles. The second kappa shape index (κ2) is 5.48. The molecule has 3 rings (SSSR count). The lowest BCUT2D eigenvalue weighted by molar-refractivity contribution is 1.06. The number of nitrogen functional groups attached to an aromatic ring is 1. The van der Waals surface area contributed by atoms with Crippen LogP contribution in [0.15, 0.2) is 37.1 Å². The second-order valence-electron chi connectivity index (χ2n) is 3.85. The van der Waals surface area contributed by atoms with Gasteiger partial charge in [-0.2, -0.15) is 0 Å². The molecule has 19 heavy (non-hydrogen) atoms. The van der Waals surface area contributed by atoms with Crippen LogP contribution in [0.25, 0.3) is 16.7 Å². The zero-order chi connectivity index (χ0) is 13.8. The molecular weight excluding hydrogens is 238 g/mol. The molecule has 5 nitrogen and oxygen atoms in total. The number of aromatic nitrogens is 4. The van der Waals surface area contributed by atoms with Crippen LogP contribution in [-0.2, 0) is 0 Å². The van der Waals surface area contributed by atoms with Gasteiger partial charge in [0.15, 0.2) is 0 Å². The number of pyridine rings is 1. The highest BCUT2D eigenvalue weighted by Crippen LogP contribution is 2.25. The fraction of sp³-hybridized carbons (Fsp3) is 0.214. The number of anilines is 1. The normalized spacial score (nSPS) is 10.1. The van der Waals surface area contributed by atoms with Gasteiger partial charge in [0.2, 0.25) is 0 Å². The summed E-state index contributed by atoms with van der Waals surface area (Å²) in [4.78, 5) is 12.3. The van der Waals surface area contributed by atoms with Crippen LogP contribution in [0.1, 0.15) is 19.4 Å². The lowest BCUT2D eigenvalue weighted by Crippen LogP contribution is -1.96. The van der Waals surface area contributed by atoms with Crippen molar-refractivity contribution in [2.24, 2.45) is 0 Å². The maximum Gasteiger partial charge on any atom is 0.150 e. The SMILES string of the molecule is CC.Cc1cn(-c2ccncc2)c2ncnc(N)c12. The minimum atomic E-state index is 0.514. The first-order chi connectivity index (χ1) is 9.27. The fourth-order valence-electron chi connectivity index (χ4n) is 1.97. The minimum absolute atomic E-state index is 0.514. The molecule has 0 amide bonds. The monoisotopic (exact) mass is 255 g/mol. The lowest BCUT2D eigenvalue weighted by Gasteiger charge is -2.03. The molecule has 0 atom stereocenters. The molecule has 0 aliphatic rings. The second-order valence-corrected chi connectivity index (χ2v) is 3.85. The quantitative estimate of drug-likeness (QED) is 0.725. The fourth-order valence-corrected chi connectivity index (χ4v) is 1.97. The van der Waals surface area contributed by atoms with Crippen LogP contribution < -0.4 is 5.73 Å². The van der Waals surface area contributed by atoms with E-state index in [2.05, 4.69) is 15.0 Å². The van der Waals surface area contributed by atoms with Gasteiger partial charge >= 0.3 is 0 Å². The van der Waals surface area contributed by atoms with Gasteiger partial charge in [-0.15, -0.1) is 0 Å². The van der Waals surface area contributed by atoms with Gasteiger partial charge in [-0.3, -0.25) is 4.98 Å². The largest absolute Gasteiger partial charge is 0.383 e. The first kappa shape index (κ1) is 13.0. The van der Waals surface area contributed by atoms with E-state index in [4.69, 9.17) is 5.73 Å². The van der Waals surface area contributed by atoms with Crippen molar-refractivity contribution in [1.29, 1.82) is 0 Å². The average Bonchev–Trinajstić information content (AvgIpc) is 2.81. The van der Waals surface area contributed by atoms with Crippen molar-refractivity contribution in [3.8, 4) is 5.69 Å². The minimum Gasteiger partial charge on any atom is -0.383 e. The van der Waals surface area contributed by atoms with E-state index in [0.717, 1.165) is 22.3 Å². The van der Waals surface area contributed by atoms with Crippen LogP contribution >= 0.6 is 0 Å². The maximum absolute atomic E-state index is 5.87. The summed E-state index contributed by atoms with van der Waals surface area (Å²) in [7, 11) is 0. The van der Waals surface area contributed by atoms with Gasteiger partial charge < -0.3 is 10.3 Å². The number of fused-ring (bicyclic) bond motifs is 1. The summed E-state index contributed by atoms with van der Waals surface area (Å²) in [6, 6.07) is 3.86. The van der Waals surface area contributed by atoms with Crippen molar-refractivity contribution in [3.63, 3.8) is 0 Å². The van der Waals surface area contributed by atoms with Crippen LogP contribution in [0.2, 0.25) is 0 Å². The van der Waals surface area contributed by atoms with Crippen molar-refractivity contribution < 1.29 is 0 Å². The number of nitrogens with zero attached hydrogens (tertiary/aromatic N) is 4. The number of aryl methyl sites for hydroxylation is 1. The topological polar surface area (TPSA) is 69.6 Å². The molecule has 5 heteroatoms. The standard InChI is InChI=1S/C12H11N5.C2H6/c1-8-6-17(9-2-4-14-5-3-9)12-10(8)11(13)15-7-16-12;1-2/h2-7H,1H3,(H2,13,15,16);1-2H3. The van der Waals surface area contributed by atoms with Crippen molar-refractivity contribution in [2.75, 3.05) is 5.73 Å². The van der Waals surface area contributed by atoms with E-state index in [0.29, 0.717) is 5.82 Å². The van der Waals surface area contributed by atoms with E-state index in [-0.39, 0.29) is 0 Å². The number of nitrogens with two attached hydrogens (primary N) is 1. The Labute approximate surface area is 112 Å².